The van der Waals surface area contributed by atoms with Crippen molar-refractivity contribution in [1.82, 2.24) is 4.90 Å². The van der Waals surface area contributed by atoms with Gasteiger partial charge in [0.2, 0.25) is 0 Å². The Morgan fingerprint density at radius 1 is 1.24 bits per heavy atom. The molecule has 1 heterocycles. The highest BCUT2D eigenvalue weighted by molar-refractivity contribution is 5.91. The number of halogens is 3. The van der Waals surface area contributed by atoms with E-state index in [1.165, 1.54) is 17.0 Å². The molecule has 0 spiro atoms. The van der Waals surface area contributed by atoms with Gasteiger partial charge in [-0.2, -0.15) is 0 Å². The first-order valence-electron chi connectivity index (χ1n) is 9.69. The lowest BCUT2D eigenvalue weighted by Crippen LogP contribution is -3.16. The lowest BCUT2D eigenvalue weighted by atomic mass is 10.2. The number of rotatable bonds is 7. The van der Waals surface area contributed by atoms with Crippen LogP contribution in [0.3, 0.4) is 0 Å². The lowest BCUT2D eigenvalue weighted by Gasteiger charge is -2.33. The first-order chi connectivity index (χ1) is 13.6. The maximum atomic E-state index is 12.7. The molecule has 0 aliphatic carbocycles. The number of alkyl halides is 3. The molecule has 0 radical (unpaired) electrons. The fraction of sp³-hybridized carbons (Fsp3) is 0.579. The molecular formula is C19H29F3N4O3+2. The van der Waals surface area contributed by atoms with Crippen LogP contribution in [0.4, 0.5) is 18.9 Å². The predicted molar refractivity (Wildman–Crippen MR) is 101 cm³/mol. The molecule has 162 valence electrons. The number of nitrogens with one attached hydrogen (secondary N) is 3. The van der Waals surface area contributed by atoms with Crippen LogP contribution >= 0.6 is 0 Å². The second-order valence-electron chi connectivity index (χ2n) is 7.29. The Bertz CT molecular complexity index is 689. The van der Waals surface area contributed by atoms with E-state index in [2.05, 4.69) is 17.0 Å². The van der Waals surface area contributed by atoms with Crippen molar-refractivity contribution in [1.29, 1.82) is 0 Å². The van der Waals surface area contributed by atoms with Crippen LogP contribution in [0.2, 0.25) is 0 Å². The van der Waals surface area contributed by atoms with Gasteiger partial charge in [-0.05, 0) is 38.1 Å². The average molecular weight is 418 g/mol. The average Bonchev–Trinajstić information content (AvgIpc) is 2.67. The number of amides is 2. The maximum absolute atomic E-state index is 12.7. The molecule has 1 fully saturated rings. The summed E-state index contributed by atoms with van der Waals surface area (Å²) in [4.78, 5) is 29.0. The molecule has 2 atom stereocenters. The van der Waals surface area contributed by atoms with Gasteiger partial charge in [0.1, 0.15) is 5.75 Å². The summed E-state index contributed by atoms with van der Waals surface area (Å²) in [5, 5.41) is 2.62. The molecule has 29 heavy (non-hydrogen) atoms. The van der Waals surface area contributed by atoms with E-state index < -0.39 is 6.36 Å². The van der Waals surface area contributed by atoms with Gasteiger partial charge in [-0.1, -0.05) is 0 Å². The van der Waals surface area contributed by atoms with Crippen molar-refractivity contribution in [3.63, 3.8) is 0 Å². The molecular weight excluding hydrogens is 389 g/mol. The Morgan fingerprint density at radius 2 is 1.83 bits per heavy atom. The minimum Gasteiger partial charge on any atom is -0.406 e. The SMILES string of the molecule is CC[NH+]1CCN(C(=O)[C@H](C)[NH+](C)CC(=O)Nc2ccc(OC(F)(F)F)cc2)CC1. The molecule has 0 saturated carbocycles. The molecule has 7 nitrogen and oxygen atoms in total. The zero-order valence-corrected chi connectivity index (χ0v) is 16.9. The third-order valence-electron chi connectivity index (χ3n) is 5.20. The second-order valence-corrected chi connectivity index (χ2v) is 7.29. The number of likely N-dealkylation sites (N-methyl/N-ethyl adjacent to an activating group) is 2. The highest BCUT2D eigenvalue weighted by Crippen LogP contribution is 2.23. The van der Waals surface area contributed by atoms with E-state index >= 15 is 0 Å². The minimum absolute atomic E-state index is 0.0269. The minimum atomic E-state index is -4.76. The second kappa shape index (κ2) is 9.93. The van der Waals surface area contributed by atoms with Gasteiger partial charge in [0, 0.05) is 5.69 Å². The highest BCUT2D eigenvalue weighted by atomic mass is 19.4. The van der Waals surface area contributed by atoms with Gasteiger partial charge in [-0.25, -0.2) is 0 Å². The van der Waals surface area contributed by atoms with E-state index in [4.69, 9.17) is 0 Å². The molecule has 3 N–H and O–H groups in total. The molecule has 2 amide bonds. The number of nitrogens with zero attached hydrogens (tertiary/aromatic N) is 1. The monoisotopic (exact) mass is 418 g/mol. The zero-order valence-electron chi connectivity index (χ0n) is 16.9. The summed E-state index contributed by atoms with van der Waals surface area (Å²) in [5.41, 5.74) is 0.356. The van der Waals surface area contributed by atoms with Crippen LogP contribution in [0.1, 0.15) is 13.8 Å². The van der Waals surface area contributed by atoms with Crippen molar-refractivity contribution >= 4 is 17.5 Å². The number of hydrogen-bond donors (Lipinski definition) is 3. The fourth-order valence-electron chi connectivity index (χ4n) is 3.23. The van der Waals surface area contributed by atoms with E-state index in [-0.39, 0.29) is 30.2 Å². The summed E-state index contributed by atoms with van der Waals surface area (Å²) >= 11 is 0. The quantitative estimate of drug-likeness (QED) is 0.542. The van der Waals surface area contributed by atoms with Crippen molar-refractivity contribution in [2.75, 3.05) is 51.6 Å². The van der Waals surface area contributed by atoms with Gasteiger partial charge in [-0.3, -0.25) is 9.59 Å². The van der Waals surface area contributed by atoms with Crippen LogP contribution in [-0.2, 0) is 9.59 Å². The summed E-state index contributed by atoms with van der Waals surface area (Å²) in [6.07, 6.45) is -4.76. The Kier molecular flexibility index (Phi) is 7.86. The van der Waals surface area contributed by atoms with Gasteiger partial charge in [0.05, 0.1) is 39.8 Å². The van der Waals surface area contributed by atoms with E-state index in [0.717, 1.165) is 49.8 Å². The van der Waals surface area contributed by atoms with E-state index in [1.807, 2.05) is 4.90 Å². The van der Waals surface area contributed by atoms with Gasteiger partial charge < -0.3 is 24.8 Å². The number of anilines is 1. The van der Waals surface area contributed by atoms with E-state index in [0.29, 0.717) is 5.69 Å². The van der Waals surface area contributed by atoms with Crippen LogP contribution in [0.25, 0.3) is 0 Å². The van der Waals surface area contributed by atoms with E-state index in [9.17, 15) is 22.8 Å². The molecule has 0 aromatic heterocycles. The Hall–Kier alpha value is -2.33. The smallest absolute Gasteiger partial charge is 0.406 e. The van der Waals surface area contributed by atoms with Crippen LogP contribution in [0, 0.1) is 0 Å². The predicted octanol–water partition coefficient (Wildman–Crippen LogP) is -0.826. The largest absolute Gasteiger partial charge is 0.573 e. The lowest BCUT2D eigenvalue weighted by molar-refractivity contribution is -0.903. The molecule has 1 saturated heterocycles. The van der Waals surface area contributed by atoms with Gasteiger partial charge in [0.25, 0.3) is 11.8 Å². The molecule has 1 aliphatic rings. The molecule has 1 aromatic rings. The number of quaternary nitrogens is 2. The van der Waals surface area contributed by atoms with Gasteiger partial charge in [0.15, 0.2) is 12.6 Å². The molecule has 0 bridgehead atoms. The topological polar surface area (TPSA) is 67.5 Å². The summed E-state index contributed by atoms with van der Waals surface area (Å²) in [6.45, 7) is 8.34. The number of benzene rings is 1. The van der Waals surface area contributed by atoms with Gasteiger partial charge >= 0.3 is 6.36 Å². The normalized spacial score (nSPS) is 17.5. The van der Waals surface area contributed by atoms with Gasteiger partial charge in [-0.15, -0.1) is 13.2 Å². The number of carbonyl (C=O) groups excluding carboxylic acids is 2. The Labute approximate surface area is 168 Å². The number of piperazine rings is 1. The van der Waals surface area contributed by atoms with Crippen molar-refractivity contribution in [3.05, 3.63) is 24.3 Å². The zero-order chi connectivity index (χ0) is 21.6. The van der Waals surface area contributed by atoms with Crippen molar-refractivity contribution < 1.29 is 37.3 Å². The van der Waals surface area contributed by atoms with Crippen molar-refractivity contribution in [3.8, 4) is 5.75 Å². The maximum Gasteiger partial charge on any atom is 0.573 e. The molecule has 2 rings (SSSR count). The van der Waals surface area contributed by atoms with Crippen molar-refractivity contribution in [2.45, 2.75) is 26.3 Å². The first-order valence-corrected chi connectivity index (χ1v) is 9.69. The summed E-state index contributed by atoms with van der Waals surface area (Å²) in [6, 6.07) is 4.55. The van der Waals surface area contributed by atoms with Crippen LogP contribution in [0.15, 0.2) is 24.3 Å². The van der Waals surface area contributed by atoms with E-state index in [1.54, 1.807) is 14.0 Å². The fourth-order valence-corrected chi connectivity index (χ4v) is 3.23. The molecule has 10 heteroatoms. The Morgan fingerprint density at radius 3 is 2.34 bits per heavy atom. The molecule has 1 aromatic carbocycles. The van der Waals surface area contributed by atoms with Crippen LogP contribution < -0.4 is 19.9 Å². The summed E-state index contributed by atoms with van der Waals surface area (Å²) in [5.74, 6) is -0.659. The third kappa shape index (κ3) is 7.21. The summed E-state index contributed by atoms with van der Waals surface area (Å²) in [7, 11) is 1.77. The highest BCUT2D eigenvalue weighted by Gasteiger charge is 2.32. The van der Waals surface area contributed by atoms with Crippen LogP contribution in [0.5, 0.6) is 5.75 Å². The number of hydrogen-bond acceptors (Lipinski definition) is 3. The van der Waals surface area contributed by atoms with Crippen LogP contribution in [-0.4, -0.2) is 75.4 Å². The molecule has 1 unspecified atom stereocenters. The number of ether oxygens (including phenoxy) is 1. The third-order valence-corrected chi connectivity index (χ3v) is 5.20. The number of carbonyl (C=O) groups is 2. The standard InChI is InChI=1S/C19H27F3N4O3/c1-4-25-9-11-26(12-10-25)18(28)14(2)24(3)13-17(27)23-15-5-7-16(8-6-15)29-19(20,21)22/h5-8,14H,4,9-13H2,1-3H3,(H,23,27)/p+2/t14-/m0/s1. The first kappa shape index (κ1) is 23.0. The van der Waals surface area contributed by atoms with Crippen molar-refractivity contribution in [2.24, 2.45) is 0 Å². The molecule has 1 aliphatic heterocycles. The Balaban J connectivity index is 1.82. The summed E-state index contributed by atoms with van der Waals surface area (Å²) < 4.78 is 40.3.